The molecule has 0 spiro atoms. The number of aryl methyl sites for hydroxylation is 1. The van der Waals surface area contributed by atoms with Crippen molar-refractivity contribution in [2.45, 2.75) is 68.0 Å². The Hall–Kier alpha value is -3.61. The molecule has 2 aromatic carbocycles. The van der Waals surface area contributed by atoms with Crippen LogP contribution >= 0.6 is 0 Å². The Morgan fingerprint density at radius 3 is 2.11 bits per heavy atom. The first kappa shape index (κ1) is 33.3. The van der Waals surface area contributed by atoms with Crippen molar-refractivity contribution >= 4 is 21.4 Å². The fourth-order valence-electron chi connectivity index (χ4n) is 4.88. The maximum absolute atomic E-state index is 14.3. The minimum atomic E-state index is -5.93. The maximum atomic E-state index is 14.3. The number of fused-ring (bicyclic) bond motifs is 1. The van der Waals surface area contributed by atoms with Crippen molar-refractivity contribution in [3.05, 3.63) is 65.0 Å². The fraction of sp³-hybridized carbons (Fsp3) is 0.462. The van der Waals surface area contributed by atoms with Gasteiger partial charge in [0.05, 0.1) is 17.5 Å². The number of aliphatic hydroxyl groups is 1. The lowest BCUT2D eigenvalue weighted by molar-refractivity contribution is -0.291. The van der Waals surface area contributed by atoms with E-state index < -0.39 is 63.0 Å². The van der Waals surface area contributed by atoms with Gasteiger partial charge in [-0.05, 0) is 66.9 Å². The van der Waals surface area contributed by atoms with Crippen LogP contribution in [0, 0.1) is 0 Å². The summed E-state index contributed by atoms with van der Waals surface area (Å²) < 4.78 is 115. The number of ether oxygens (including phenoxy) is 1. The number of sulfone groups is 1. The highest BCUT2D eigenvalue weighted by atomic mass is 32.2. The molecule has 0 bridgehead atoms. The molecular formula is C26H28F6N6O5S. The van der Waals surface area contributed by atoms with E-state index in [4.69, 9.17) is 4.74 Å². The molecule has 1 amide bonds. The zero-order chi connectivity index (χ0) is 33.0. The molecule has 240 valence electrons. The van der Waals surface area contributed by atoms with Crippen LogP contribution in [0.1, 0.15) is 49.3 Å². The van der Waals surface area contributed by atoms with Gasteiger partial charge in [-0.15, -0.1) is 10.2 Å². The van der Waals surface area contributed by atoms with E-state index in [0.29, 0.717) is 28.1 Å². The second kappa shape index (κ2) is 11.1. The van der Waals surface area contributed by atoms with Gasteiger partial charge in [-0.1, -0.05) is 18.2 Å². The molecule has 0 radical (unpaired) electrons. The zero-order valence-corrected chi connectivity index (χ0v) is 24.7. The number of nitrogens with zero attached hydrogens (tertiary/aromatic N) is 5. The van der Waals surface area contributed by atoms with Crippen LogP contribution in [-0.2, 0) is 38.4 Å². The summed E-state index contributed by atoms with van der Waals surface area (Å²) in [6.07, 6.45) is -12.5. The molecule has 0 aliphatic carbocycles. The molecule has 2 atom stereocenters. The Bertz CT molecular complexity index is 1640. The zero-order valence-electron chi connectivity index (χ0n) is 23.9. The van der Waals surface area contributed by atoms with Crippen molar-refractivity contribution in [3.63, 3.8) is 0 Å². The normalized spacial score (nSPS) is 17.4. The number of anilines is 1. The van der Waals surface area contributed by atoms with Crippen LogP contribution in [0.25, 0.3) is 0 Å². The van der Waals surface area contributed by atoms with Crippen molar-refractivity contribution in [2.24, 2.45) is 7.05 Å². The van der Waals surface area contributed by atoms with Crippen LogP contribution in [-0.4, -0.2) is 75.2 Å². The van der Waals surface area contributed by atoms with E-state index in [1.807, 2.05) is 0 Å². The summed E-state index contributed by atoms with van der Waals surface area (Å²) in [5, 5.41) is 22.7. The third-order valence-electron chi connectivity index (χ3n) is 6.79. The highest BCUT2D eigenvalue weighted by molar-refractivity contribution is 7.90. The predicted octanol–water partition coefficient (Wildman–Crippen LogP) is 3.61. The largest absolute Gasteiger partial charge is 0.414 e. The van der Waals surface area contributed by atoms with Gasteiger partial charge in [-0.3, -0.25) is 4.79 Å². The molecule has 2 unspecified atom stereocenters. The Morgan fingerprint density at radius 1 is 1.05 bits per heavy atom. The first-order valence-electron chi connectivity index (χ1n) is 12.8. The minimum absolute atomic E-state index is 0.0329. The number of aromatic nitrogens is 4. The maximum Gasteiger partial charge on any atom is 0.414 e. The first-order valence-corrected chi connectivity index (χ1v) is 14.7. The van der Waals surface area contributed by atoms with E-state index in [0.717, 1.165) is 25.4 Å². The molecular weight excluding hydrogens is 622 g/mol. The molecule has 44 heavy (non-hydrogen) atoms. The van der Waals surface area contributed by atoms with E-state index in [1.165, 1.54) is 23.1 Å². The summed E-state index contributed by atoms with van der Waals surface area (Å²) in [6, 6.07) is 5.53. The van der Waals surface area contributed by atoms with Crippen LogP contribution in [0.2, 0.25) is 0 Å². The average molecular weight is 651 g/mol. The van der Waals surface area contributed by atoms with E-state index in [2.05, 4.69) is 20.7 Å². The van der Waals surface area contributed by atoms with Crippen molar-refractivity contribution in [3.8, 4) is 0 Å². The standard InChI is InChI=1S/C26H28F6N6O5S/c1-23(2,3)43-22(40)38-13-14-12-17(44(5,41)42)10-11-18(14)19(38)20(39)33-16-8-6-15(7-9-16)24(25(27,28)29,26(30,31)32)21-34-36-37(4)35-21/h6-12,19,22,40H,13H2,1-5H3,(H,33,39). The molecule has 18 heteroatoms. The number of tetrazole rings is 1. The highest BCUT2D eigenvalue weighted by Crippen LogP contribution is 2.55. The number of halogens is 6. The van der Waals surface area contributed by atoms with Gasteiger partial charge in [-0.25, -0.2) is 13.3 Å². The molecule has 2 heterocycles. The van der Waals surface area contributed by atoms with E-state index in [1.54, 1.807) is 20.8 Å². The quantitative estimate of drug-likeness (QED) is 0.290. The van der Waals surface area contributed by atoms with Gasteiger partial charge in [-0.2, -0.15) is 31.1 Å². The number of amides is 1. The van der Waals surface area contributed by atoms with Crippen LogP contribution in [0.3, 0.4) is 0 Å². The smallest absolute Gasteiger partial charge is 0.356 e. The number of alkyl halides is 6. The van der Waals surface area contributed by atoms with Crippen LogP contribution in [0.15, 0.2) is 47.4 Å². The molecule has 0 saturated carbocycles. The van der Waals surface area contributed by atoms with Crippen molar-refractivity contribution in [1.82, 2.24) is 25.1 Å². The monoisotopic (exact) mass is 650 g/mol. The topological polar surface area (TPSA) is 140 Å². The van der Waals surface area contributed by atoms with Gasteiger partial charge >= 0.3 is 12.4 Å². The average Bonchev–Trinajstić information content (AvgIpc) is 3.45. The molecule has 11 nitrogen and oxygen atoms in total. The molecule has 1 aromatic heterocycles. The van der Waals surface area contributed by atoms with Gasteiger partial charge in [0.25, 0.3) is 0 Å². The Kier molecular flexibility index (Phi) is 8.38. The molecule has 1 aliphatic heterocycles. The molecule has 0 saturated heterocycles. The SMILES string of the molecule is Cn1nnc(C(c2ccc(NC(=O)C3c4ccc(S(C)(=O)=O)cc4CN3C(O)OC(C)(C)C)cc2)(C(F)(F)F)C(F)(F)F)n1. The lowest BCUT2D eigenvalue weighted by Gasteiger charge is -2.35. The molecule has 1 aliphatic rings. The van der Waals surface area contributed by atoms with Gasteiger partial charge in [0.1, 0.15) is 6.04 Å². The number of benzene rings is 2. The van der Waals surface area contributed by atoms with E-state index in [-0.39, 0.29) is 17.1 Å². The molecule has 0 fully saturated rings. The summed E-state index contributed by atoms with van der Waals surface area (Å²) in [5.74, 6) is -2.45. The third-order valence-corrected chi connectivity index (χ3v) is 7.90. The fourth-order valence-corrected chi connectivity index (χ4v) is 5.56. The number of nitrogens with one attached hydrogen (secondary N) is 1. The Balaban J connectivity index is 1.71. The van der Waals surface area contributed by atoms with Crippen molar-refractivity contribution < 1.29 is 49.4 Å². The number of hydrogen-bond acceptors (Lipinski definition) is 9. The van der Waals surface area contributed by atoms with E-state index >= 15 is 0 Å². The number of carbonyl (C=O) groups is 1. The Morgan fingerprint density at radius 2 is 1.64 bits per heavy atom. The van der Waals surface area contributed by atoms with Crippen LogP contribution in [0.5, 0.6) is 0 Å². The van der Waals surface area contributed by atoms with Gasteiger partial charge in [0.15, 0.2) is 9.84 Å². The molecule has 2 N–H and O–H groups in total. The summed E-state index contributed by atoms with van der Waals surface area (Å²) in [4.78, 5) is 15.2. The number of hydrogen-bond donors (Lipinski definition) is 2. The highest BCUT2D eigenvalue weighted by Gasteiger charge is 2.75. The second-order valence-electron chi connectivity index (χ2n) is 11.2. The lowest BCUT2D eigenvalue weighted by Crippen LogP contribution is -2.55. The summed E-state index contributed by atoms with van der Waals surface area (Å²) in [7, 11) is -2.60. The summed E-state index contributed by atoms with van der Waals surface area (Å²) >= 11 is 0. The Labute approximate surface area is 247 Å². The van der Waals surface area contributed by atoms with E-state index in [9.17, 15) is 44.7 Å². The minimum Gasteiger partial charge on any atom is -0.356 e. The van der Waals surface area contributed by atoms with Crippen molar-refractivity contribution in [2.75, 3.05) is 11.6 Å². The number of aliphatic hydroxyl groups excluding tert-OH is 1. The second-order valence-corrected chi connectivity index (χ2v) is 13.2. The number of carbonyl (C=O) groups excluding carboxylic acids is 1. The van der Waals surface area contributed by atoms with Gasteiger partial charge in [0, 0.05) is 18.5 Å². The lowest BCUT2D eigenvalue weighted by atomic mass is 9.78. The summed E-state index contributed by atoms with van der Waals surface area (Å²) in [6.45, 7) is 4.83. The molecule has 4 rings (SSSR count). The first-order chi connectivity index (χ1) is 20.1. The number of rotatable bonds is 7. The van der Waals surface area contributed by atoms with Crippen LogP contribution < -0.4 is 5.32 Å². The van der Waals surface area contributed by atoms with Crippen LogP contribution in [0.4, 0.5) is 32.0 Å². The summed E-state index contributed by atoms with van der Waals surface area (Å²) in [5.41, 5.74) is -6.23. The molecule has 3 aromatic rings. The third kappa shape index (κ3) is 6.15. The predicted molar refractivity (Wildman–Crippen MR) is 141 cm³/mol. The van der Waals surface area contributed by atoms with Crippen molar-refractivity contribution in [1.29, 1.82) is 0 Å². The van der Waals surface area contributed by atoms with Gasteiger partial charge in [0.2, 0.25) is 23.6 Å². The van der Waals surface area contributed by atoms with Gasteiger partial charge < -0.3 is 15.2 Å².